The van der Waals surface area contributed by atoms with Crippen molar-refractivity contribution < 1.29 is 28.3 Å². The van der Waals surface area contributed by atoms with E-state index < -0.39 is 42.4 Å². The maximum atomic E-state index is 13.5. The average molecular weight is 341 g/mol. The molecule has 1 amide bonds. The molecule has 0 saturated heterocycles. The van der Waals surface area contributed by atoms with E-state index in [2.05, 4.69) is 0 Å². The van der Waals surface area contributed by atoms with Gasteiger partial charge in [-0.2, -0.15) is 0 Å². The van der Waals surface area contributed by atoms with Crippen LogP contribution in [0.25, 0.3) is 0 Å². The smallest absolute Gasteiger partial charge is 0.326 e. The molecule has 0 saturated carbocycles. The number of Topliss-reactive ketones (excluding diaryl/α,β-unsaturated/α-hetero) is 2. The predicted octanol–water partition coefficient (Wildman–Crippen LogP) is 1.78. The second kappa shape index (κ2) is 6.64. The molecule has 7 heteroatoms. The van der Waals surface area contributed by atoms with Crippen molar-refractivity contribution in [3.63, 3.8) is 0 Å². The van der Waals surface area contributed by atoms with E-state index in [1.54, 1.807) is 12.1 Å². The fourth-order valence-corrected chi connectivity index (χ4v) is 2.49. The molecule has 6 nitrogen and oxygen atoms in total. The molecule has 1 heterocycles. The van der Waals surface area contributed by atoms with Crippen LogP contribution in [-0.2, 0) is 14.3 Å². The lowest BCUT2D eigenvalue weighted by Gasteiger charge is -2.15. The molecule has 1 aliphatic heterocycles. The lowest BCUT2D eigenvalue weighted by molar-refractivity contribution is -0.141. The Morgan fingerprint density at radius 3 is 2.44 bits per heavy atom. The summed E-state index contributed by atoms with van der Waals surface area (Å²) in [6.07, 6.45) is 0. The van der Waals surface area contributed by atoms with Crippen LogP contribution in [0, 0.1) is 5.82 Å². The van der Waals surface area contributed by atoms with Gasteiger partial charge in [-0.05, 0) is 24.3 Å². The Labute approximate surface area is 141 Å². The van der Waals surface area contributed by atoms with Gasteiger partial charge in [0.1, 0.15) is 12.4 Å². The molecule has 1 aliphatic rings. The SMILES string of the molecule is O=C(CN1C(=O)C(=O)c2ccccc21)OCC(=O)c1ccccc1F. The number of amides is 1. The Kier molecular flexibility index (Phi) is 4.38. The summed E-state index contributed by atoms with van der Waals surface area (Å²) in [6.45, 7) is -1.16. The van der Waals surface area contributed by atoms with Crippen molar-refractivity contribution in [1.29, 1.82) is 0 Å². The van der Waals surface area contributed by atoms with Gasteiger partial charge in [0.05, 0.1) is 16.8 Å². The maximum absolute atomic E-state index is 13.5. The van der Waals surface area contributed by atoms with Crippen LogP contribution in [0.4, 0.5) is 10.1 Å². The van der Waals surface area contributed by atoms with Crippen LogP contribution < -0.4 is 4.90 Å². The summed E-state index contributed by atoms with van der Waals surface area (Å²) < 4.78 is 18.3. The second-order valence-corrected chi connectivity index (χ2v) is 5.30. The zero-order valence-electron chi connectivity index (χ0n) is 12.9. The molecule has 126 valence electrons. The first-order chi connectivity index (χ1) is 12.0. The Morgan fingerprint density at radius 1 is 1.00 bits per heavy atom. The number of esters is 1. The van der Waals surface area contributed by atoms with E-state index >= 15 is 0 Å². The van der Waals surface area contributed by atoms with Crippen molar-refractivity contribution in [2.45, 2.75) is 0 Å². The normalized spacial score (nSPS) is 12.9. The summed E-state index contributed by atoms with van der Waals surface area (Å²) in [5.74, 6) is -3.82. The van der Waals surface area contributed by atoms with Gasteiger partial charge in [-0.3, -0.25) is 24.1 Å². The lowest BCUT2D eigenvalue weighted by Crippen LogP contribution is -2.36. The van der Waals surface area contributed by atoms with E-state index in [0.717, 1.165) is 11.0 Å². The minimum atomic E-state index is -0.873. The van der Waals surface area contributed by atoms with Gasteiger partial charge in [0, 0.05) is 0 Å². The monoisotopic (exact) mass is 341 g/mol. The summed E-state index contributed by atoms with van der Waals surface area (Å²) in [4.78, 5) is 48.6. The molecule has 2 aromatic rings. The molecule has 0 radical (unpaired) electrons. The highest BCUT2D eigenvalue weighted by Crippen LogP contribution is 2.28. The molecular weight excluding hydrogens is 329 g/mol. The van der Waals surface area contributed by atoms with Gasteiger partial charge in [0.15, 0.2) is 6.61 Å². The summed E-state index contributed by atoms with van der Waals surface area (Å²) in [5.41, 5.74) is 0.339. The zero-order chi connectivity index (χ0) is 18.0. The number of halogens is 1. The summed E-state index contributed by atoms with van der Waals surface area (Å²) in [7, 11) is 0. The van der Waals surface area contributed by atoms with Crippen LogP contribution in [0.1, 0.15) is 20.7 Å². The molecule has 0 fully saturated rings. The first-order valence-corrected chi connectivity index (χ1v) is 7.37. The van der Waals surface area contributed by atoms with E-state index in [-0.39, 0.29) is 11.1 Å². The lowest BCUT2D eigenvalue weighted by atomic mass is 10.1. The van der Waals surface area contributed by atoms with Gasteiger partial charge in [-0.15, -0.1) is 0 Å². The van der Waals surface area contributed by atoms with E-state index in [1.165, 1.54) is 30.3 Å². The number of benzene rings is 2. The van der Waals surface area contributed by atoms with Gasteiger partial charge in [-0.25, -0.2) is 4.39 Å². The average Bonchev–Trinajstić information content (AvgIpc) is 2.85. The van der Waals surface area contributed by atoms with Crippen LogP contribution in [0.5, 0.6) is 0 Å². The molecule has 3 rings (SSSR count). The first kappa shape index (κ1) is 16.5. The van der Waals surface area contributed by atoms with Gasteiger partial charge >= 0.3 is 5.97 Å². The topological polar surface area (TPSA) is 80.8 Å². The minimum Gasteiger partial charge on any atom is -0.456 e. The summed E-state index contributed by atoms with van der Waals surface area (Å²) >= 11 is 0. The van der Waals surface area contributed by atoms with Crippen LogP contribution in [0.3, 0.4) is 0 Å². The van der Waals surface area contributed by atoms with E-state index in [9.17, 15) is 23.6 Å². The molecule has 0 unspecified atom stereocenters. The molecule has 25 heavy (non-hydrogen) atoms. The van der Waals surface area contributed by atoms with Crippen LogP contribution in [0.2, 0.25) is 0 Å². The van der Waals surface area contributed by atoms with Gasteiger partial charge in [0.2, 0.25) is 5.78 Å². The van der Waals surface area contributed by atoms with Gasteiger partial charge < -0.3 is 4.74 Å². The number of fused-ring (bicyclic) bond motifs is 1. The Morgan fingerprint density at radius 2 is 1.68 bits per heavy atom. The fourth-order valence-electron chi connectivity index (χ4n) is 2.49. The third kappa shape index (κ3) is 3.16. The van der Waals surface area contributed by atoms with E-state index in [1.807, 2.05) is 0 Å². The van der Waals surface area contributed by atoms with Crippen molar-refractivity contribution in [3.05, 3.63) is 65.5 Å². The highest BCUT2D eigenvalue weighted by atomic mass is 19.1. The molecule has 0 spiro atoms. The van der Waals surface area contributed by atoms with Crippen molar-refractivity contribution >= 4 is 29.1 Å². The highest BCUT2D eigenvalue weighted by Gasteiger charge is 2.36. The fraction of sp³-hybridized carbons (Fsp3) is 0.111. The Balaban J connectivity index is 1.64. The predicted molar refractivity (Wildman–Crippen MR) is 84.8 cm³/mol. The number of anilines is 1. The van der Waals surface area contributed by atoms with E-state index in [4.69, 9.17) is 4.74 Å². The molecule has 0 bridgehead atoms. The first-order valence-electron chi connectivity index (χ1n) is 7.37. The number of ketones is 2. The number of ether oxygens (including phenoxy) is 1. The summed E-state index contributed by atoms with van der Waals surface area (Å²) in [6, 6.07) is 11.6. The number of hydrogen-bond acceptors (Lipinski definition) is 5. The molecule has 0 N–H and O–H groups in total. The number of carbonyl (C=O) groups excluding carboxylic acids is 4. The molecular formula is C18H12FNO5. The Hall–Kier alpha value is -3.35. The quantitative estimate of drug-likeness (QED) is 0.470. The minimum absolute atomic E-state index is 0.187. The third-order valence-electron chi connectivity index (χ3n) is 3.70. The molecule has 2 aromatic carbocycles. The second-order valence-electron chi connectivity index (χ2n) is 5.30. The number of carbonyl (C=O) groups is 4. The molecule has 0 aromatic heterocycles. The number of hydrogen-bond donors (Lipinski definition) is 0. The zero-order valence-corrected chi connectivity index (χ0v) is 12.9. The van der Waals surface area contributed by atoms with Crippen molar-refractivity contribution in [1.82, 2.24) is 0 Å². The third-order valence-corrected chi connectivity index (χ3v) is 3.70. The molecule has 0 atom stereocenters. The number of para-hydroxylation sites is 1. The highest BCUT2D eigenvalue weighted by molar-refractivity contribution is 6.52. The number of rotatable bonds is 5. The van der Waals surface area contributed by atoms with Crippen molar-refractivity contribution in [3.8, 4) is 0 Å². The maximum Gasteiger partial charge on any atom is 0.326 e. The van der Waals surface area contributed by atoms with Crippen molar-refractivity contribution in [2.24, 2.45) is 0 Å². The van der Waals surface area contributed by atoms with Crippen molar-refractivity contribution in [2.75, 3.05) is 18.1 Å². The van der Waals surface area contributed by atoms with Crippen LogP contribution in [-0.4, -0.2) is 36.6 Å². The largest absolute Gasteiger partial charge is 0.456 e. The van der Waals surface area contributed by atoms with Crippen LogP contribution in [0.15, 0.2) is 48.5 Å². The van der Waals surface area contributed by atoms with Gasteiger partial charge in [-0.1, -0.05) is 24.3 Å². The number of nitrogens with zero attached hydrogens (tertiary/aromatic N) is 1. The Bertz CT molecular complexity index is 893. The van der Waals surface area contributed by atoms with Gasteiger partial charge in [0.25, 0.3) is 11.7 Å². The molecule has 0 aliphatic carbocycles. The van der Waals surface area contributed by atoms with E-state index in [0.29, 0.717) is 5.69 Å². The van der Waals surface area contributed by atoms with Crippen LogP contribution >= 0.6 is 0 Å². The summed E-state index contributed by atoms with van der Waals surface area (Å²) in [5, 5.41) is 0. The standard InChI is InChI=1S/C18H12FNO5/c19-13-7-3-1-5-11(13)15(21)10-25-16(22)9-20-14-8-4-2-6-12(14)17(23)18(20)24/h1-8H,9-10H2.